The van der Waals surface area contributed by atoms with Gasteiger partial charge in [0.2, 0.25) is 0 Å². The number of carbonyl (C=O) groups excluding carboxylic acids is 1. The zero-order chi connectivity index (χ0) is 11.8. The second-order valence-electron chi connectivity index (χ2n) is 4.21. The molecule has 0 aliphatic carbocycles. The lowest BCUT2D eigenvalue weighted by molar-refractivity contribution is 0.0304. The molecule has 0 atom stereocenters. The van der Waals surface area contributed by atoms with Crippen molar-refractivity contribution in [3.63, 3.8) is 0 Å². The van der Waals surface area contributed by atoms with Crippen LogP contribution in [0, 0.1) is 0 Å². The highest BCUT2D eigenvalue weighted by Crippen LogP contribution is 2.24. The van der Waals surface area contributed by atoms with Crippen molar-refractivity contribution in [1.29, 1.82) is 0 Å². The number of anilines is 1. The predicted molar refractivity (Wildman–Crippen MR) is 58.3 cm³/mol. The fourth-order valence-corrected chi connectivity index (χ4v) is 1.68. The molecule has 0 saturated carbocycles. The van der Waals surface area contributed by atoms with Crippen LogP contribution in [-0.2, 0) is 0 Å². The third kappa shape index (κ3) is 1.96. The van der Waals surface area contributed by atoms with E-state index in [9.17, 15) is 9.90 Å². The van der Waals surface area contributed by atoms with Crippen LogP contribution < -0.4 is 10.2 Å². The lowest BCUT2D eigenvalue weighted by atomic mass is 9.97. The normalized spacial score (nSPS) is 17.8. The van der Waals surface area contributed by atoms with Gasteiger partial charge in [-0.2, -0.15) is 0 Å². The molecule has 16 heavy (non-hydrogen) atoms. The van der Waals surface area contributed by atoms with Gasteiger partial charge < -0.3 is 15.3 Å². The summed E-state index contributed by atoms with van der Waals surface area (Å²) in [7, 11) is 1.55. The van der Waals surface area contributed by atoms with Gasteiger partial charge in [0.05, 0.1) is 5.60 Å². The Kier molecular flexibility index (Phi) is 2.51. The fraction of sp³-hybridized carbons (Fsp3) is 0.500. The highest BCUT2D eigenvalue weighted by atomic mass is 16.3. The predicted octanol–water partition coefficient (Wildman–Crippen LogP) is -0.593. The summed E-state index contributed by atoms with van der Waals surface area (Å²) < 4.78 is 0. The Labute approximate surface area is 93.3 Å². The van der Waals surface area contributed by atoms with Crippen LogP contribution in [0.25, 0.3) is 0 Å². The van der Waals surface area contributed by atoms with Crippen LogP contribution in [0.15, 0.2) is 12.1 Å². The standard InChI is InChI=1S/C10H14N4O2/c1-10(16)5-14(6-10)8-4-3-7(12-13-8)9(15)11-2/h3-4,16H,5-6H2,1-2H3,(H,11,15). The minimum absolute atomic E-state index is 0.255. The number of aromatic nitrogens is 2. The molecule has 0 aromatic carbocycles. The minimum Gasteiger partial charge on any atom is -0.386 e. The van der Waals surface area contributed by atoms with Crippen LogP contribution in [0.2, 0.25) is 0 Å². The number of amides is 1. The largest absolute Gasteiger partial charge is 0.386 e. The molecule has 1 fully saturated rings. The first kappa shape index (κ1) is 10.8. The van der Waals surface area contributed by atoms with Crippen molar-refractivity contribution in [2.24, 2.45) is 0 Å². The second-order valence-corrected chi connectivity index (χ2v) is 4.21. The van der Waals surface area contributed by atoms with Gasteiger partial charge in [-0.3, -0.25) is 4.79 Å². The SMILES string of the molecule is CNC(=O)c1ccc(N2CC(C)(O)C2)nn1. The van der Waals surface area contributed by atoms with E-state index in [1.54, 1.807) is 26.1 Å². The first-order chi connectivity index (χ1) is 7.52. The van der Waals surface area contributed by atoms with E-state index in [1.165, 1.54) is 0 Å². The number of nitrogens with one attached hydrogen (secondary N) is 1. The molecule has 1 saturated heterocycles. The third-order valence-electron chi connectivity index (χ3n) is 2.50. The summed E-state index contributed by atoms with van der Waals surface area (Å²) in [5.41, 5.74) is -0.347. The monoisotopic (exact) mass is 222 g/mol. The molecule has 1 aliphatic heterocycles. The number of carbonyl (C=O) groups is 1. The van der Waals surface area contributed by atoms with E-state index in [0.717, 1.165) is 0 Å². The summed E-state index contributed by atoms with van der Waals surface area (Å²) in [4.78, 5) is 13.1. The number of aliphatic hydroxyl groups is 1. The van der Waals surface area contributed by atoms with Crippen molar-refractivity contribution in [3.8, 4) is 0 Å². The highest BCUT2D eigenvalue weighted by molar-refractivity contribution is 5.91. The maximum Gasteiger partial charge on any atom is 0.271 e. The number of hydrogen-bond donors (Lipinski definition) is 2. The van der Waals surface area contributed by atoms with Crippen molar-refractivity contribution in [2.75, 3.05) is 25.0 Å². The van der Waals surface area contributed by atoms with E-state index >= 15 is 0 Å². The molecule has 0 spiro atoms. The number of hydrogen-bond acceptors (Lipinski definition) is 5. The van der Waals surface area contributed by atoms with Crippen molar-refractivity contribution >= 4 is 11.7 Å². The Hall–Kier alpha value is -1.69. The average molecular weight is 222 g/mol. The Morgan fingerprint density at radius 3 is 2.62 bits per heavy atom. The molecule has 6 heteroatoms. The maximum absolute atomic E-state index is 11.2. The molecular formula is C10H14N4O2. The topological polar surface area (TPSA) is 78.4 Å². The maximum atomic E-state index is 11.2. The van der Waals surface area contributed by atoms with Crippen molar-refractivity contribution in [1.82, 2.24) is 15.5 Å². The van der Waals surface area contributed by atoms with Gasteiger partial charge >= 0.3 is 0 Å². The molecule has 1 aromatic rings. The van der Waals surface area contributed by atoms with Gasteiger partial charge in [-0.05, 0) is 19.1 Å². The van der Waals surface area contributed by atoms with Crippen LogP contribution in [0.1, 0.15) is 17.4 Å². The highest BCUT2D eigenvalue weighted by Gasteiger charge is 2.37. The minimum atomic E-state index is -0.638. The molecule has 1 aliphatic rings. The van der Waals surface area contributed by atoms with E-state index in [4.69, 9.17) is 0 Å². The molecule has 0 radical (unpaired) electrons. The lowest BCUT2D eigenvalue weighted by Crippen LogP contribution is -2.60. The van der Waals surface area contributed by atoms with Crippen LogP contribution in [-0.4, -0.2) is 46.9 Å². The van der Waals surface area contributed by atoms with E-state index in [-0.39, 0.29) is 5.91 Å². The molecule has 2 N–H and O–H groups in total. The van der Waals surface area contributed by atoms with Gasteiger partial charge in [-0.1, -0.05) is 0 Å². The molecule has 1 amide bonds. The Morgan fingerprint density at radius 1 is 1.50 bits per heavy atom. The summed E-state index contributed by atoms with van der Waals surface area (Å²) in [6, 6.07) is 3.35. The summed E-state index contributed by atoms with van der Waals surface area (Å²) in [6.45, 7) is 2.86. The van der Waals surface area contributed by atoms with Gasteiger partial charge in [-0.15, -0.1) is 10.2 Å². The van der Waals surface area contributed by atoms with Gasteiger partial charge in [-0.25, -0.2) is 0 Å². The third-order valence-corrected chi connectivity index (χ3v) is 2.50. The first-order valence-corrected chi connectivity index (χ1v) is 5.05. The van der Waals surface area contributed by atoms with Crippen molar-refractivity contribution < 1.29 is 9.90 Å². The molecule has 2 rings (SSSR count). The summed E-state index contributed by atoms with van der Waals surface area (Å²) in [5, 5.41) is 19.8. The molecule has 86 valence electrons. The lowest BCUT2D eigenvalue weighted by Gasteiger charge is -2.44. The fourth-order valence-electron chi connectivity index (χ4n) is 1.68. The Balaban J connectivity index is 2.06. The first-order valence-electron chi connectivity index (χ1n) is 5.05. The molecule has 6 nitrogen and oxygen atoms in total. The second kappa shape index (κ2) is 3.71. The molecule has 1 aromatic heterocycles. The summed E-state index contributed by atoms with van der Waals surface area (Å²) in [5.74, 6) is 0.425. The van der Waals surface area contributed by atoms with Gasteiger partial charge in [0.25, 0.3) is 5.91 Å². The van der Waals surface area contributed by atoms with Gasteiger partial charge in [0, 0.05) is 20.1 Å². The van der Waals surface area contributed by atoms with Gasteiger partial charge in [0.15, 0.2) is 11.5 Å². The van der Waals surface area contributed by atoms with Crippen molar-refractivity contribution in [3.05, 3.63) is 17.8 Å². The number of β-amino-alcohol motifs (C(OH)–C–C–N with tert-alkyl or cyclic N) is 1. The molecule has 0 unspecified atom stereocenters. The quantitative estimate of drug-likeness (QED) is 0.699. The molecule has 0 bridgehead atoms. The zero-order valence-electron chi connectivity index (χ0n) is 9.27. The van der Waals surface area contributed by atoms with Gasteiger partial charge in [0.1, 0.15) is 0 Å². The van der Waals surface area contributed by atoms with E-state index in [2.05, 4.69) is 15.5 Å². The van der Waals surface area contributed by atoms with Crippen LogP contribution in [0.4, 0.5) is 5.82 Å². The Bertz CT molecular complexity index is 394. The Morgan fingerprint density at radius 2 is 2.19 bits per heavy atom. The smallest absolute Gasteiger partial charge is 0.271 e. The number of rotatable bonds is 2. The summed E-state index contributed by atoms with van der Waals surface area (Å²) >= 11 is 0. The summed E-state index contributed by atoms with van der Waals surface area (Å²) in [6.07, 6.45) is 0. The zero-order valence-corrected chi connectivity index (χ0v) is 9.27. The van der Waals surface area contributed by atoms with Crippen LogP contribution in [0.3, 0.4) is 0 Å². The number of nitrogens with zero attached hydrogens (tertiary/aromatic N) is 3. The van der Waals surface area contributed by atoms with Crippen molar-refractivity contribution in [2.45, 2.75) is 12.5 Å². The van der Waals surface area contributed by atoms with E-state index in [1.807, 2.05) is 4.90 Å². The van der Waals surface area contributed by atoms with Crippen LogP contribution >= 0.6 is 0 Å². The molecule has 2 heterocycles. The average Bonchev–Trinajstić information content (AvgIpc) is 2.25. The molecular weight excluding hydrogens is 208 g/mol. The van der Waals surface area contributed by atoms with E-state index < -0.39 is 5.60 Å². The van der Waals surface area contributed by atoms with E-state index in [0.29, 0.717) is 24.6 Å². The van der Waals surface area contributed by atoms with Crippen LogP contribution in [0.5, 0.6) is 0 Å².